The Morgan fingerprint density at radius 2 is 1.95 bits per heavy atom. The van der Waals surface area contributed by atoms with Crippen LogP contribution in [-0.2, 0) is 14.9 Å². The van der Waals surface area contributed by atoms with Crippen LogP contribution in [0, 0.1) is 5.92 Å². The summed E-state index contributed by atoms with van der Waals surface area (Å²) in [6.45, 7) is 2.33. The molecule has 110 valence electrons. The van der Waals surface area contributed by atoms with Gasteiger partial charge >= 0.3 is 16.3 Å². The van der Waals surface area contributed by atoms with Gasteiger partial charge in [-0.05, 0) is 44.7 Å². The fourth-order valence-electron chi connectivity index (χ4n) is 2.33. The second-order valence-corrected chi connectivity index (χ2v) is 6.72. The summed E-state index contributed by atoms with van der Waals surface area (Å²) < 4.78 is 32.0. The van der Waals surface area contributed by atoms with E-state index in [1.165, 1.54) is 4.31 Å². The third kappa shape index (κ3) is 4.05. The molecule has 0 bridgehead atoms. The average molecular weight is 291 g/mol. The lowest BCUT2D eigenvalue weighted by atomic mass is 9.98. The molecule has 2 rings (SSSR count). The maximum atomic E-state index is 12.2. The smallest absolute Gasteiger partial charge is 0.421 e. The molecule has 8 heteroatoms. The highest BCUT2D eigenvalue weighted by Crippen LogP contribution is 2.30. The molecule has 1 aliphatic heterocycles. The van der Waals surface area contributed by atoms with Crippen molar-refractivity contribution in [1.82, 2.24) is 14.3 Å². The highest BCUT2D eigenvalue weighted by molar-refractivity contribution is 7.87. The van der Waals surface area contributed by atoms with Crippen LogP contribution in [0.15, 0.2) is 0 Å². The Balaban J connectivity index is 2.00. The van der Waals surface area contributed by atoms with Crippen molar-refractivity contribution >= 4 is 16.3 Å². The molecule has 0 aromatic carbocycles. The Morgan fingerprint density at radius 1 is 1.32 bits per heavy atom. The third-order valence-corrected chi connectivity index (χ3v) is 5.05. The number of hydrogen-bond donors (Lipinski definition) is 2. The topological polar surface area (TPSA) is 87.7 Å². The van der Waals surface area contributed by atoms with Crippen molar-refractivity contribution in [3.8, 4) is 0 Å². The van der Waals surface area contributed by atoms with Gasteiger partial charge in [0.05, 0.1) is 7.11 Å². The molecule has 0 aromatic rings. The predicted molar refractivity (Wildman–Crippen MR) is 69.8 cm³/mol. The number of carbonyl (C=O) groups excluding carboxylic acids is 1. The van der Waals surface area contributed by atoms with Crippen LogP contribution in [0.25, 0.3) is 0 Å². The van der Waals surface area contributed by atoms with Crippen LogP contribution in [0.5, 0.6) is 0 Å². The first kappa shape index (κ1) is 14.5. The Labute approximate surface area is 113 Å². The fourth-order valence-corrected chi connectivity index (χ4v) is 3.75. The molecule has 7 nitrogen and oxygen atoms in total. The number of carbonyl (C=O) groups is 1. The summed E-state index contributed by atoms with van der Waals surface area (Å²) in [5.74, 6) is 0.357. The SMILES string of the molecule is COC(=O)NS(=O)(=O)N(CC1CCNCC1)C1CC1. The van der Waals surface area contributed by atoms with E-state index in [1.54, 1.807) is 0 Å². The summed E-state index contributed by atoms with van der Waals surface area (Å²) in [6.07, 6.45) is 2.74. The standard InChI is InChI=1S/C11H21N3O4S/c1-18-11(15)13-19(16,17)14(10-2-3-10)8-9-4-6-12-7-5-9/h9-10,12H,2-8H2,1H3,(H,13,15). The molecular weight excluding hydrogens is 270 g/mol. The molecule has 1 aliphatic carbocycles. The van der Waals surface area contributed by atoms with Crippen LogP contribution in [-0.4, -0.2) is 51.6 Å². The van der Waals surface area contributed by atoms with Crippen molar-refractivity contribution in [2.75, 3.05) is 26.7 Å². The van der Waals surface area contributed by atoms with Gasteiger partial charge in [0.25, 0.3) is 0 Å². The molecule has 0 unspecified atom stereocenters. The quantitative estimate of drug-likeness (QED) is 0.747. The van der Waals surface area contributed by atoms with Crippen molar-refractivity contribution in [3.63, 3.8) is 0 Å². The van der Waals surface area contributed by atoms with E-state index in [9.17, 15) is 13.2 Å². The van der Waals surface area contributed by atoms with E-state index in [0.717, 1.165) is 45.9 Å². The zero-order valence-electron chi connectivity index (χ0n) is 11.1. The van der Waals surface area contributed by atoms with Gasteiger partial charge in [-0.3, -0.25) is 0 Å². The maximum absolute atomic E-state index is 12.2. The lowest BCUT2D eigenvalue weighted by Crippen LogP contribution is -2.47. The van der Waals surface area contributed by atoms with Crippen LogP contribution in [0.2, 0.25) is 0 Å². The molecule has 0 aromatic heterocycles. The average Bonchev–Trinajstić information content (AvgIpc) is 3.20. The zero-order chi connectivity index (χ0) is 13.9. The van der Waals surface area contributed by atoms with Crippen LogP contribution in [0.3, 0.4) is 0 Å². The highest BCUT2D eigenvalue weighted by atomic mass is 32.2. The summed E-state index contributed by atoms with van der Waals surface area (Å²) in [6, 6.07) is 0.0389. The normalized spacial score (nSPS) is 21.4. The number of methoxy groups -OCH3 is 1. The maximum Gasteiger partial charge on any atom is 0.421 e. The minimum atomic E-state index is -3.78. The summed E-state index contributed by atoms with van der Waals surface area (Å²) in [7, 11) is -2.63. The minimum absolute atomic E-state index is 0.0389. The van der Waals surface area contributed by atoms with Gasteiger partial charge in [0, 0.05) is 12.6 Å². The van der Waals surface area contributed by atoms with Crippen LogP contribution in [0.1, 0.15) is 25.7 Å². The number of nitrogens with one attached hydrogen (secondary N) is 2. The minimum Gasteiger partial charge on any atom is -0.452 e. The van der Waals surface area contributed by atoms with E-state index in [2.05, 4.69) is 10.1 Å². The van der Waals surface area contributed by atoms with Crippen LogP contribution < -0.4 is 10.0 Å². The van der Waals surface area contributed by atoms with E-state index in [-0.39, 0.29) is 6.04 Å². The molecule has 0 atom stereocenters. The fraction of sp³-hybridized carbons (Fsp3) is 0.909. The number of rotatable bonds is 5. The van der Waals surface area contributed by atoms with Crippen LogP contribution in [0.4, 0.5) is 4.79 Å². The van der Waals surface area contributed by atoms with E-state index in [1.807, 2.05) is 4.72 Å². The Bertz CT molecular complexity index is 416. The van der Waals surface area contributed by atoms with Gasteiger partial charge < -0.3 is 10.1 Å². The number of hydrogen-bond acceptors (Lipinski definition) is 5. The van der Waals surface area contributed by atoms with Gasteiger partial charge in [-0.25, -0.2) is 9.52 Å². The van der Waals surface area contributed by atoms with Crippen molar-refractivity contribution in [3.05, 3.63) is 0 Å². The van der Waals surface area contributed by atoms with E-state index in [4.69, 9.17) is 0 Å². The Kier molecular flexibility index (Phi) is 4.64. The predicted octanol–water partition coefficient (Wildman–Crippen LogP) is 0.0512. The lowest BCUT2D eigenvalue weighted by Gasteiger charge is -2.29. The van der Waals surface area contributed by atoms with Gasteiger partial charge in [-0.1, -0.05) is 0 Å². The zero-order valence-corrected chi connectivity index (χ0v) is 11.9. The first-order valence-corrected chi connectivity index (χ1v) is 8.05. The molecule has 19 heavy (non-hydrogen) atoms. The molecule has 1 saturated carbocycles. The molecule has 2 N–H and O–H groups in total. The molecule has 2 fully saturated rings. The van der Waals surface area contributed by atoms with E-state index in [0.29, 0.717) is 12.5 Å². The monoisotopic (exact) mass is 291 g/mol. The van der Waals surface area contributed by atoms with Crippen LogP contribution >= 0.6 is 0 Å². The first-order chi connectivity index (χ1) is 9.03. The second-order valence-electron chi connectivity index (χ2n) is 5.09. The molecule has 1 heterocycles. The largest absolute Gasteiger partial charge is 0.452 e. The number of amides is 1. The molecular formula is C11H21N3O4S. The van der Waals surface area contributed by atoms with Gasteiger partial charge in [-0.2, -0.15) is 12.7 Å². The molecule has 0 spiro atoms. The Morgan fingerprint density at radius 3 is 2.47 bits per heavy atom. The number of piperidine rings is 1. The molecule has 2 aliphatic rings. The van der Waals surface area contributed by atoms with E-state index < -0.39 is 16.3 Å². The summed E-state index contributed by atoms with van der Waals surface area (Å²) in [4.78, 5) is 11.1. The molecule has 1 amide bonds. The third-order valence-electron chi connectivity index (χ3n) is 3.56. The summed E-state index contributed by atoms with van der Waals surface area (Å²) in [5, 5.41) is 3.26. The number of ether oxygens (including phenoxy) is 1. The van der Waals surface area contributed by atoms with Gasteiger partial charge in [-0.15, -0.1) is 0 Å². The van der Waals surface area contributed by atoms with Gasteiger partial charge in [0.1, 0.15) is 0 Å². The number of nitrogens with zero attached hydrogens (tertiary/aromatic N) is 1. The van der Waals surface area contributed by atoms with Crippen molar-refractivity contribution in [2.45, 2.75) is 31.7 Å². The van der Waals surface area contributed by atoms with Crippen molar-refractivity contribution < 1.29 is 17.9 Å². The highest BCUT2D eigenvalue weighted by Gasteiger charge is 2.39. The van der Waals surface area contributed by atoms with E-state index >= 15 is 0 Å². The molecule has 0 radical (unpaired) electrons. The van der Waals surface area contributed by atoms with Gasteiger partial charge in [0.15, 0.2) is 0 Å². The summed E-state index contributed by atoms with van der Waals surface area (Å²) >= 11 is 0. The lowest BCUT2D eigenvalue weighted by molar-refractivity contribution is 0.176. The molecule has 1 saturated heterocycles. The van der Waals surface area contributed by atoms with Gasteiger partial charge in [0.2, 0.25) is 0 Å². The van der Waals surface area contributed by atoms with Crippen molar-refractivity contribution in [1.29, 1.82) is 0 Å². The second kappa shape index (κ2) is 6.06. The Hall–Kier alpha value is -0.860. The first-order valence-electron chi connectivity index (χ1n) is 6.61. The summed E-state index contributed by atoms with van der Waals surface area (Å²) in [5.41, 5.74) is 0. The van der Waals surface area contributed by atoms with Crippen molar-refractivity contribution in [2.24, 2.45) is 5.92 Å².